The normalized spacial score (nSPS) is 24.7. The van der Waals surface area contributed by atoms with Gasteiger partial charge in [0.15, 0.2) is 11.6 Å². The quantitative estimate of drug-likeness (QED) is 0.177. The van der Waals surface area contributed by atoms with Gasteiger partial charge in [-0.15, -0.1) is 0 Å². The number of hydrogen-bond acceptors (Lipinski definition) is 9. The maximum atomic E-state index is 15.1. The number of alkyl halides is 3. The van der Waals surface area contributed by atoms with Crippen LogP contribution in [0.4, 0.5) is 18.9 Å². The Morgan fingerprint density at radius 1 is 1.00 bits per heavy atom. The zero-order valence-corrected chi connectivity index (χ0v) is 29.1. The van der Waals surface area contributed by atoms with Crippen molar-refractivity contribution in [2.24, 2.45) is 11.3 Å². The first-order chi connectivity index (χ1) is 22.0. The highest BCUT2D eigenvalue weighted by Crippen LogP contribution is 2.40. The van der Waals surface area contributed by atoms with Gasteiger partial charge in [0.25, 0.3) is 15.7 Å². The summed E-state index contributed by atoms with van der Waals surface area (Å²) < 4.78 is 84.4. The van der Waals surface area contributed by atoms with Gasteiger partial charge in [-0.3, -0.25) is 14.4 Å². The number of esters is 1. The molecule has 16 heteroatoms. The molecule has 3 atom stereocenters. The fourth-order valence-electron chi connectivity index (χ4n) is 5.94. The van der Waals surface area contributed by atoms with Gasteiger partial charge in [0, 0.05) is 47.5 Å². The van der Waals surface area contributed by atoms with E-state index < -0.39 is 65.2 Å². The lowest BCUT2D eigenvalue weighted by molar-refractivity contribution is -0.154. The summed E-state index contributed by atoms with van der Waals surface area (Å²) in [4.78, 5) is 38.4. The molecule has 2 fully saturated rings. The van der Waals surface area contributed by atoms with Crippen molar-refractivity contribution in [3.8, 4) is 11.5 Å². The molecule has 0 spiro atoms. The van der Waals surface area contributed by atoms with Gasteiger partial charge in [-0.05, 0) is 69.7 Å². The van der Waals surface area contributed by atoms with Crippen LogP contribution in [0.25, 0.3) is 0 Å². The molecule has 2 aromatic rings. The van der Waals surface area contributed by atoms with Crippen LogP contribution in [0.2, 0.25) is 0 Å². The van der Waals surface area contributed by atoms with E-state index in [0.717, 1.165) is 18.2 Å². The number of anilines is 1. The minimum Gasteiger partial charge on any atom is -0.496 e. The van der Waals surface area contributed by atoms with Crippen LogP contribution in [-0.4, -0.2) is 69.0 Å². The number of rotatable bonds is 11. The summed E-state index contributed by atoms with van der Waals surface area (Å²) in [7, 11) is -0.942. The lowest BCUT2D eigenvalue weighted by Gasteiger charge is -2.35. The molecule has 2 aliphatic carbocycles. The standard InChI is InChI=1S/C31H36F3IN2O9S/c1-30(29(40)45-4)10-8-18(9-11-30)46-26-15-22(25(44-3)16-23(26)32)28(39)37-24-14-19(43-2)13-21(24)27(38)36-17-6-5-7-20(12-17)47(41,42)31(33,34)35/h5-7,12,15-16,18-19,21,24H,8-11,13-14H2,1-4H3,(H,36,38)(H,37,39)/t18?,19-,21-,24+,30?/m1/s1. The Morgan fingerprint density at radius 2 is 1.68 bits per heavy atom. The Hall–Kier alpha value is -3.12. The van der Waals surface area contributed by atoms with Crippen LogP contribution < -0.4 is 20.1 Å². The fraction of sp³-hybridized carbons (Fsp3) is 0.516. The summed E-state index contributed by atoms with van der Waals surface area (Å²) in [5.74, 6) is -3.44. The van der Waals surface area contributed by atoms with Crippen LogP contribution in [0.5, 0.6) is 11.5 Å². The van der Waals surface area contributed by atoms with E-state index in [2.05, 4.69) is 10.6 Å². The van der Waals surface area contributed by atoms with Gasteiger partial charge < -0.3 is 29.6 Å². The Bertz CT molecular complexity index is 1610. The monoisotopic (exact) mass is 796 g/mol. The van der Waals surface area contributed by atoms with E-state index in [4.69, 9.17) is 18.9 Å². The molecule has 47 heavy (non-hydrogen) atoms. The Labute approximate surface area is 284 Å². The van der Waals surface area contributed by atoms with E-state index in [0.29, 0.717) is 48.3 Å². The van der Waals surface area contributed by atoms with Crippen molar-refractivity contribution < 1.29 is 54.9 Å². The van der Waals surface area contributed by atoms with Crippen LogP contribution >= 0.6 is 22.6 Å². The predicted molar refractivity (Wildman–Crippen MR) is 172 cm³/mol. The molecule has 258 valence electrons. The molecule has 2 aliphatic rings. The van der Waals surface area contributed by atoms with E-state index in [9.17, 15) is 31.6 Å². The average molecular weight is 797 g/mol. The third-order valence-electron chi connectivity index (χ3n) is 8.73. The molecular formula is C31H36F3IN2O9S. The number of halogens is 4. The molecule has 2 amide bonds. The fourth-order valence-corrected chi connectivity index (χ4v) is 7.51. The highest BCUT2D eigenvalue weighted by molar-refractivity contribution is 14.1. The van der Waals surface area contributed by atoms with E-state index in [-0.39, 0.29) is 41.6 Å². The first-order valence-electron chi connectivity index (χ1n) is 14.7. The van der Waals surface area contributed by atoms with E-state index in [1.165, 1.54) is 39.5 Å². The molecule has 0 radical (unpaired) electrons. The SMILES string of the molecule is COC(=O)C1(C)CCC(Oc2cc(C(=O)N[C@H]3C[C@H](OC)C[C@H]3C(=O)Nc3cccc(S(=O)(=O)C(F)(F)I)c3)c(OC)cc2F)CC1. The number of benzene rings is 2. The second kappa shape index (κ2) is 14.6. The molecule has 11 nitrogen and oxygen atoms in total. The van der Waals surface area contributed by atoms with Gasteiger partial charge in [-0.2, -0.15) is 8.78 Å². The number of ether oxygens (including phenoxy) is 4. The van der Waals surface area contributed by atoms with Gasteiger partial charge in [0.05, 0.1) is 48.2 Å². The third kappa shape index (κ3) is 8.13. The number of methoxy groups -OCH3 is 3. The predicted octanol–water partition coefficient (Wildman–Crippen LogP) is 5.26. The molecule has 0 aromatic heterocycles. The van der Waals surface area contributed by atoms with Crippen molar-refractivity contribution in [2.45, 2.75) is 71.9 Å². The van der Waals surface area contributed by atoms with Crippen LogP contribution in [0.15, 0.2) is 41.3 Å². The summed E-state index contributed by atoms with van der Waals surface area (Å²) in [6, 6.07) is 6.00. The molecule has 2 aromatic carbocycles. The lowest BCUT2D eigenvalue weighted by atomic mass is 9.75. The van der Waals surface area contributed by atoms with Gasteiger partial charge in [-0.1, -0.05) is 6.07 Å². The highest BCUT2D eigenvalue weighted by Gasteiger charge is 2.44. The topological polar surface area (TPSA) is 146 Å². The molecule has 2 N–H and O–H groups in total. The third-order valence-corrected chi connectivity index (χ3v) is 12.0. The number of sulfone groups is 1. The van der Waals surface area contributed by atoms with Gasteiger partial charge in [0.1, 0.15) is 5.75 Å². The van der Waals surface area contributed by atoms with E-state index in [1.54, 1.807) is 0 Å². The summed E-state index contributed by atoms with van der Waals surface area (Å²) in [5, 5.41) is 5.36. The van der Waals surface area contributed by atoms with Crippen molar-refractivity contribution in [3.05, 3.63) is 47.8 Å². The smallest absolute Gasteiger partial charge is 0.398 e. The van der Waals surface area contributed by atoms with E-state index in [1.807, 2.05) is 6.92 Å². The number of carbonyl (C=O) groups is 3. The van der Waals surface area contributed by atoms with Crippen molar-refractivity contribution in [1.82, 2.24) is 5.32 Å². The first-order valence-corrected chi connectivity index (χ1v) is 17.3. The molecule has 4 rings (SSSR count). The molecule has 0 unspecified atom stereocenters. The maximum absolute atomic E-state index is 15.1. The highest BCUT2D eigenvalue weighted by atomic mass is 127. The molecule has 0 bridgehead atoms. The molecule has 0 aliphatic heterocycles. The van der Waals surface area contributed by atoms with Crippen molar-refractivity contribution in [1.29, 1.82) is 0 Å². The summed E-state index contributed by atoms with van der Waals surface area (Å²) in [6.07, 6.45) is 1.49. The number of carbonyl (C=O) groups excluding carboxylic acids is 3. The number of amides is 2. The second-order valence-electron chi connectivity index (χ2n) is 11.8. The molecular weight excluding hydrogens is 760 g/mol. The van der Waals surface area contributed by atoms with E-state index >= 15 is 4.39 Å². The Balaban J connectivity index is 1.50. The van der Waals surface area contributed by atoms with Crippen LogP contribution in [-0.2, 0) is 28.9 Å². The summed E-state index contributed by atoms with van der Waals surface area (Å²) in [6.45, 7) is 1.81. The largest absolute Gasteiger partial charge is 0.496 e. The minimum atomic E-state index is -5.00. The second-order valence-corrected chi connectivity index (χ2v) is 15.9. The van der Waals surface area contributed by atoms with Crippen LogP contribution in [0.3, 0.4) is 0 Å². The van der Waals surface area contributed by atoms with Crippen LogP contribution in [0.1, 0.15) is 55.8 Å². The molecule has 0 saturated heterocycles. The Morgan fingerprint density at radius 3 is 2.28 bits per heavy atom. The zero-order chi connectivity index (χ0) is 34.7. The average Bonchev–Trinajstić information content (AvgIpc) is 3.44. The molecule has 0 heterocycles. The molecule has 2 saturated carbocycles. The summed E-state index contributed by atoms with van der Waals surface area (Å²) >= 11 is 0.527. The van der Waals surface area contributed by atoms with Gasteiger partial charge in [-0.25, -0.2) is 12.8 Å². The van der Waals surface area contributed by atoms with Crippen molar-refractivity contribution >= 4 is 55.9 Å². The number of hydrogen-bond donors (Lipinski definition) is 2. The lowest BCUT2D eigenvalue weighted by Crippen LogP contribution is -2.42. The van der Waals surface area contributed by atoms with Gasteiger partial charge >= 0.3 is 9.23 Å². The minimum absolute atomic E-state index is 0.0284. The van der Waals surface area contributed by atoms with Gasteiger partial charge in [0.2, 0.25) is 5.91 Å². The van der Waals surface area contributed by atoms with Crippen molar-refractivity contribution in [2.75, 3.05) is 26.6 Å². The van der Waals surface area contributed by atoms with Crippen LogP contribution in [0, 0.1) is 17.2 Å². The Kier molecular flexibility index (Phi) is 11.4. The van der Waals surface area contributed by atoms with Crippen molar-refractivity contribution in [3.63, 3.8) is 0 Å². The zero-order valence-electron chi connectivity index (χ0n) is 26.1. The summed E-state index contributed by atoms with van der Waals surface area (Å²) in [5.41, 5.74) is -0.733. The number of nitrogens with one attached hydrogen (secondary N) is 2. The maximum Gasteiger partial charge on any atom is 0.398 e. The first kappa shape index (κ1) is 36.7.